The second-order valence-corrected chi connectivity index (χ2v) is 8.98. The minimum absolute atomic E-state index is 0.0712. The number of fused-ring (bicyclic) bond motifs is 1. The maximum absolute atomic E-state index is 13.1. The number of carbonyl (C=O) groups excluding carboxylic acids is 1. The first-order valence-corrected chi connectivity index (χ1v) is 10.9. The molecule has 3 rings (SSSR count). The Kier molecular flexibility index (Phi) is 5.49. The van der Waals surface area contributed by atoms with E-state index in [0.717, 1.165) is 0 Å². The van der Waals surface area contributed by atoms with Crippen LogP contribution in [-0.2, 0) is 20.2 Å². The van der Waals surface area contributed by atoms with E-state index >= 15 is 0 Å². The summed E-state index contributed by atoms with van der Waals surface area (Å²) < 4.78 is 39.8. The quantitative estimate of drug-likeness (QED) is 0.743. The molecule has 1 heterocycles. The highest BCUT2D eigenvalue weighted by atomic mass is 32.2. The standard InChI is InChI=1S/C21H26N2O5S/c1-6-27-14-8-11-19(28-7-2)17(12-14)22-29(25,26)15-9-10-18-16(13-15)21(3,4)20(24)23(18)5/h8-13,22H,6-7H2,1-5H3. The maximum Gasteiger partial charge on any atom is 0.262 e. The number of benzene rings is 2. The first-order valence-electron chi connectivity index (χ1n) is 9.47. The molecule has 1 N–H and O–H groups in total. The van der Waals surface area contributed by atoms with Gasteiger partial charge >= 0.3 is 0 Å². The van der Waals surface area contributed by atoms with Gasteiger partial charge in [0.05, 0.1) is 29.2 Å². The van der Waals surface area contributed by atoms with E-state index in [1.165, 1.54) is 6.07 Å². The predicted molar refractivity (Wildman–Crippen MR) is 112 cm³/mol. The molecule has 0 saturated carbocycles. The van der Waals surface area contributed by atoms with E-state index in [0.29, 0.717) is 41.7 Å². The molecule has 0 fully saturated rings. The van der Waals surface area contributed by atoms with Gasteiger partial charge in [-0.2, -0.15) is 0 Å². The summed E-state index contributed by atoms with van der Waals surface area (Å²) in [5, 5.41) is 0. The lowest BCUT2D eigenvalue weighted by Crippen LogP contribution is -2.33. The van der Waals surface area contributed by atoms with Crippen LogP contribution in [0.3, 0.4) is 0 Å². The number of nitrogens with one attached hydrogen (secondary N) is 1. The fourth-order valence-electron chi connectivity index (χ4n) is 3.45. The first kappa shape index (κ1) is 21.0. The van der Waals surface area contributed by atoms with Gasteiger partial charge in [-0.15, -0.1) is 0 Å². The number of nitrogens with zero attached hydrogens (tertiary/aromatic N) is 1. The summed E-state index contributed by atoms with van der Waals surface area (Å²) in [5.41, 5.74) is 0.903. The zero-order valence-corrected chi connectivity index (χ0v) is 18.1. The summed E-state index contributed by atoms with van der Waals surface area (Å²) in [6.45, 7) is 8.11. The Morgan fingerprint density at radius 2 is 1.72 bits per heavy atom. The molecule has 29 heavy (non-hydrogen) atoms. The van der Waals surface area contributed by atoms with Gasteiger partial charge in [0.25, 0.3) is 10.0 Å². The summed E-state index contributed by atoms with van der Waals surface area (Å²) in [5.74, 6) is 0.880. The number of sulfonamides is 1. The van der Waals surface area contributed by atoms with Gasteiger partial charge in [-0.3, -0.25) is 9.52 Å². The first-order chi connectivity index (χ1) is 13.6. The summed E-state index contributed by atoms with van der Waals surface area (Å²) in [7, 11) is -2.22. The predicted octanol–water partition coefficient (Wildman–Crippen LogP) is 3.54. The molecular weight excluding hydrogens is 392 g/mol. The van der Waals surface area contributed by atoms with Gasteiger partial charge in [0.15, 0.2) is 0 Å². The number of hydrogen-bond acceptors (Lipinski definition) is 5. The number of rotatable bonds is 7. The topological polar surface area (TPSA) is 84.9 Å². The lowest BCUT2D eigenvalue weighted by molar-refractivity contribution is -0.121. The Morgan fingerprint density at radius 1 is 1.03 bits per heavy atom. The third-order valence-electron chi connectivity index (χ3n) is 4.96. The van der Waals surface area contributed by atoms with Crippen LogP contribution in [0, 0.1) is 0 Å². The second-order valence-electron chi connectivity index (χ2n) is 7.30. The number of likely N-dealkylation sites (N-methyl/N-ethyl adjacent to an activating group) is 1. The van der Waals surface area contributed by atoms with Crippen molar-refractivity contribution in [2.24, 2.45) is 0 Å². The van der Waals surface area contributed by atoms with E-state index in [1.807, 2.05) is 13.8 Å². The molecule has 0 atom stereocenters. The molecule has 8 heteroatoms. The van der Waals surface area contributed by atoms with Crippen LogP contribution in [-0.4, -0.2) is 34.6 Å². The van der Waals surface area contributed by atoms with Crippen molar-refractivity contribution in [3.63, 3.8) is 0 Å². The van der Waals surface area contributed by atoms with Crippen LogP contribution >= 0.6 is 0 Å². The van der Waals surface area contributed by atoms with Gasteiger partial charge < -0.3 is 14.4 Å². The molecule has 156 valence electrons. The summed E-state index contributed by atoms with van der Waals surface area (Å²) >= 11 is 0. The van der Waals surface area contributed by atoms with E-state index in [2.05, 4.69) is 4.72 Å². The van der Waals surface area contributed by atoms with Gasteiger partial charge in [-0.25, -0.2) is 8.42 Å². The molecule has 0 radical (unpaired) electrons. The Hall–Kier alpha value is -2.74. The van der Waals surface area contributed by atoms with Crippen LogP contribution in [0.2, 0.25) is 0 Å². The molecule has 0 unspecified atom stereocenters. The Labute approximate surface area is 171 Å². The van der Waals surface area contributed by atoms with Crippen molar-refractivity contribution in [3.8, 4) is 11.5 Å². The van der Waals surface area contributed by atoms with Crippen LogP contribution in [0.15, 0.2) is 41.3 Å². The molecule has 1 amide bonds. The summed E-state index contributed by atoms with van der Waals surface area (Å²) in [6.07, 6.45) is 0. The highest BCUT2D eigenvalue weighted by molar-refractivity contribution is 7.92. The molecule has 0 aliphatic carbocycles. The smallest absolute Gasteiger partial charge is 0.262 e. The number of hydrogen-bond donors (Lipinski definition) is 1. The molecule has 1 aliphatic heterocycles. The molecule has 0 spiro atoms. The lowest BCUT2D eigenvalue weighted by atomic mass is 9.86. The Bertz CT molecular complexity index is 1050. The fraction of sp³-hybridized carbons (Fsp3) is 0.381. The second kappa shape index (κ2) is 7.59. The molecule has 1 aliphatic rings. The minimum Gasteiger partial charge on any atom is -0.494 e. The van der Waals surface area contributed by atoms with E-state index in [4.69, 9.17) is 9.47 Å². The lowest BCUT2D eigenvalue weighted by Gasteiger charge is -2.17. The number of carbonyl (C=O) groups is 1. The van der Waals surface area contributed by atoms with Gasteiger partial charge in [-0.1, -0.05) is 0 Å². The molecule has 0 saturated heterocycles. The number of amides is 1. The fourth-order valence-corrected chi connectivity index (χ4v) is 4.54. The zero-order chi connectivity index (χ0) is 21.4. The summed E-state index contributed by atoms with van der Waals surface area (Å²) in [6, 6.07) is 9.72. The van der Waals surface area contributed by atoms with Crippen LogP contribution in [0.25, 0.3) is 0 Å². The third kappa shape index (κ3) is 3.76. The molecule has 2 aromatic carbocycles. The van der Waals surface area contributed by atoms with Crippen molar-refractivity contribution < 1.29 is 22.7 Å². The zero-order valence-electron chi connectivity index (χ0n) is 17.3. The maximum atomic E-state index is 13.1. The molecule has 2 aromatic rings. The van der Waals surface area contributed by atoms with Crippen molar-refractivity contribution in [2.75, 3.05) is 29.9 Å². The van der Waals surface area contributed by atoms with Crippen molar-refractivity contribution in [1.82, 2.24) is 0 Å². The SMILES string of the molecule is CCOc1ccc(OCC)c(NS(=O)(=O)c2ccc3c(c2)C(C)(C)C(=O)N3C)c1. The van der Waals surface area contributed by atoms with Gasteiger partial charge in [0.1, 0.15) is 11.5 Å². The van der Waals surface area contributed by atoms with Crippen molar-refractivity contribution in [1.29, 1.82) is 0 Å². The van der Waals surface area contributed by atoms with Crippen molar-refractivity contribution >= 4 is 27.3 Å². The van der Waals surface area contributed by atoms with E-state index in [1.54, 1.807) is 56.1 Å². The van der Waals surface area contributed by atoms with E-state index < -0.39 is 15.4 Å². The Balaban J connectivity index is 2.01. The largest absolute Gasteiger partial charge is 0.494 e. The van der Waals surface area contributed by atoms with Crippen molar-refractivity contribution in [2.45, 2.75) is 38.0 Å². The molecule has 7 nitrogen and oxygen atoms in total. The van der Waals surface area contributed by atoms with Crippen LogP contribution in [0.4, 0.5) is 11.4 Å². The van der Waals surface area contributed by atoms with Gasteiger partial charge in [0, 0.05) is 18.8 Å². The average Bonchev–Trinajstić information content (AvgIpc) is 2.84. The monoisotopic (exact) mass is 418 g/mol. The van der Waals surface area contributed by atoms with Crippen LogP contribution in [0.5, 0.6) is 11.5 Å². The molecular formula is C21H26N2O5S. The van der Waals surface area contributed by atoms with Crippen LogP contribution in [0.1, 0.15) is 33.3 Å². The third-order valence-corrected chi connectivity index (χ3v) is 6.32. The normalized spacial score (nSPS) is 15.2. The van der Waals surface area contributed by atoms with Gasteiger partial charge in [0.2, 0.25) is 5.91 Å². The number of anilines is 2. The highest BCUT2D eigenvalue weighted by Crippen LogP contribution is 2.42. The van der Waals surface area contributed by atoms with E-state index in [-0.39, 0.29) is 10.8 Å². The van der Waals surface area contributed by atoms with E-state index in [9.17, 15) is 13.2 Å². The highest BCUT2D eigenvalue weighted by Gasteiger charge is 2.42. The average molecular weight is 419 g/mol. The number of ether oxygens (including phenoxy) is 2. The van der Waals surface area contributed by atoms with Gasteiger partial charge in [-0.05, 0) is 63.6 Å². The van der Waals surface area contributed by atoms with Crippen LogP contribution < -0.4 is 19.1 Å². The molecule has 0 bridgehead atoms. The minimum atomic E-state index is -3.91. The van der Waals surface area contributed by atoms with Crippen molar-refractivity contribution in [3.05, 3.63) is 42.0 Å². The Morgan fingerprint density at radius 3 is 2.38 bits per heavy atom. The molecule has 0 aromatic heterocycles. The summed E-state index contributed by atoms with van der Waals surface area (Å²) in [4.78, 5) is 14.1.